The number of carboxylic acids is 1. The highest BCUT2D eigenvalue weighted by Gasteiger charge is 2.20. The van der Waals surface area contributed by atoms with Gasteiger partial charge in [-0.2, -0.15) is 0 Å². The number of hydrogen-bond acceptors (Lipinski definition) is 4. The molecule has 0 saturated carbocycles. The van der Waals surface area contributed by atoms with E-state index in [2.05, 4.69) is 25.7 Å². The van der Waals surface area contributed by atoms with E-state index >= 15 is 0 Å². The van der Waals surface area contributed by atoms with E-state index in [1.165, 1.54) is 0 Å². The predicted molar refractivity (Wildman–Crippen MR) is 68.8 cm³/mol. The first-order chi connectivity index (χ1) is 8.37. The molecule has 5 heteroatoms. The lowest BCUT2D eigenvalue weighted by molar-refractivity contribution is -0.145. The van der Waals surface area contributed by atoms with Crippen molar-refractivity contribution in [2.75, 3.05) is 32.8 Å². The zero-order chi connectivity index (χ0) is 13.6. The average Bonchev–Trinajstić information content (AvgIpc) is 2.26. The highest BCUT2D eigenvalue weighted by molar-refractivity contribution is 5.68. The molecule has 0 aromatic heterocycles. The van der Waals surface area contributed by atoms with Gasteiger partial charge in [-0.1, -0.05) is 0 Å². The van der Waals surface area contributed by atoms with E-state index < -0.39 is 5.97 Å². The maximum Gasteiger partial charge on any atom is 0.329 e. The maximum atomic E-state index is 10.4. The second kappa shape index (κ2) is 7.07. The molecule has 18 heavy (non-hydrogen) atoms. The van der Waals surface area contributed by atoms with Gasteiger partial charge in [-0.25, -0.2) is 4.79 Å². The molecule has 1 N–H and O–H groups in total. The van der Waals surface area contributed by atoms with Crippen LogP contribution in [0.25, 0.3) is 0 Å². The number of aliphatic carboxylic acids is 1. The first-order valence-electron chi connectivity index (χ1n) is 6.56. The van der Waals surface area contributed by atoms with Crippen molar-refractivity contribution >= 4 is 5.97 Å². The number of ether oxygens (including phenoxy) is 2. The Morgan fingerprint density at radius 1 is 1.33 bits per heavy atom. The van der Waals surface area contributed by atoms with Gasteiger partial charge in [-0.05, 0) is 33.6 Å². The topological polar surface area (TPSA) is 59.0 Å². The van der Waals surface area contributed by atoms with Crippen molar-refractivity contribution < 1.29 is 19.4 Å². The molecule has 1 fully saturated rings. The molecule has 0 bridgehead atoms. The second-order valence-electron chi connectivity index (χ2n) is 5.71. The van der Waals surface area contributed by atoms with Gasteiger partial charge in [0.1, 0.15) is 6.61 Å². The summed E-state index contributed by atoms with van der Waals surface area (Å²) in [5, 5.41) is 8.54. The molecule has 0 atom stereocenters. The monoisotopic (exact) mass is 259 g/mol. The molecule has 1 saturated heterocycles. The molecule has 1 rings (SSSR count). The quantitative estimate of drug-likeness (QED) is 0.780. The molecule has 1 aliphatic heterocycles. The summed E-state index contributed by atoms with van der Waals surface area (Å²) in [5.74, 6) is -0.893. The van der Waals surface area contributed by atoms with E-state index in [-0.39, 0.29) is 18.3 Å². The molecular weight excluding hydrogens is 234 g/mol. The summed E-state index contributed by atoms with van der Waals surface area (Å²) in [6.07, 6.45) is 1.91. The van der Waals surface area contributed by atoms with Gasteiger partial charge in [-0.15, -0.1) is 0 Å². The molecular formula is C13H25NO4. The molecule has 1 aliphatic rings. The first kappa shape index (κ1) is 15.4. The third kappa shape index (κ3) is 6.93. The van der Waals surface area contributed by atoms with E-state index in [1.54, 1.807) is 0 Å². The van der Waals surface area contributed by atoms with Gasteiger partial charge in [-0.3, -0.25) is 0 Å². The van der Waals surface area contributed by atoms with E-state index in [0.717, 1.165) is 39.1 Å². The van der Waals surface area contributed by atoms with Crippen molar-refractivity contribution in [3.63, 3.8) is 0 Å². The number of nitrogens with zero attached hydrogens (tertiary/aromatic N) is 1. The first-order valence-corrected chi connectivity index (χ1v) is 6.56. The van der Waals surface area contributed by atoms with E-state index in [9.17, 15) is 4.79 Å². The van der Waals surface area contributed by atoms with Gasteiger partial charge < -0.3 is 19.5 Å². The van der Waals surface area contributed by atoms with E-state index in [1.807, 2.05) is 0 Å². The summed E-state index contributed by atoms with van der Waals surface area (Å²) < 4.78 is 11.0. The number of likely N-dealkylation sites (tertiary alicyclic amines) is 1. The van der Waals surface area contributed by atoms with E-state index in [4.69, 9.17) is 14.6 Å². The zero-order valence-electron chi connectivity index (χ0n) is 11.6. The van der Waals surface area contributed by atoms with Crippen LogP contribution in [0.15, 0.2) is 0 Å². The van der Waals surface area contributed by atoms with Gasteiger partial charge in [0.15, 0.2) is 0 Å². The number of carboxylic acid groups (broad SMARTS) is 1. The van der Waals surface area contributed by atoms with E-state index in [0.29, 0.717) is 0 Å². The molecule has 1 heterocycles. The van der Waals surface area contributed by atoms with Gasteiger partial charge in [0, 0.05) is 19.6 Å². The fourth-order valence-electron chi connectivity index (χ4n) is 1.97. The van der Waals surface area contributed by atoms with Crippen LogP contribution in [0.3, 0.4) is 0 Å². The largest absolute Gasteiger partial charge is 0.480 e. The van der Waals surface area contributed by atoms with Crippen LogP contribution in [0.5, 0.6) is 0 Å². The summed E-state index contributed by atoms with van der Waals surface area (Å²) in [4.78, 5) is 12.7. The van der Waals surface area contributed by atoms with Crippen LogP contribution in [0.1, 0.15) is 33.6 Å². The minimum atomic E-state index is -0.893. The van der Waals surface area contributed by atoms with Crippen LogP contribution in [0.4, 0.5) is 0 Å². The zero-order valence-corrected chi connectivity index (χ0v) is 11.6. The van der Waals surface area contributed by atoms with Crippen LogP contribution >= 0.6 is 0 Å². The molecule has 5 nitrogen and oxygen atoms in total. The van der Waals surface area contributed by atoms with Gasteiger partial charge >= 0.3 is 5.97 Å². The van der Waals surface area contributed by atoms with Crippen LogP contribution in [-0.2, 0) is 14.3 Å². The third-order valence-corrected chi connectivity index (χ3v) is 2.92. The Hall–Kier alpha value is -0.650. The SMILES string of the molecule is CC(C)(C)OCCN1CCC(OCC(=O)O)CC1. The molecule has 106 valence electrons. The Labute approximate surface area is 109 Å². The Bertz CT molecular complexity index is 254. The average molecular weight is 259 g/mol. The van der Waals surface area contributed by atoms with Crippen LogP contribution in [0, 0.1) is 0 Å². The Morgan fingerprint density at radius 2 is 1.94 bits per heavy atom. The van der Waals surface area contributed by atoms with Crippen molar-refractivity contribution in [1.29, 1.82) is 0 Å². The highest BCUT2D eigenvalue weighted by atomic mass is 16.5. The van der Waals surface area contributed by atoms with Crippen LogP contribution in [0.2, 0.25) is 0 Å². The summed E-state index contributed by atoms with van der Waals surface area (Å²) in [7, 11) is 0. The van der Waals surface area contributed by atoms with Crippen molar-refractivity contribution in [3.05, 3.63) is 0 Å². The number of carbonyl (C=O) groups is 1. The summed E-state index contributed by atoms with van der Waals surface area (Å²) in [6.45, 7) is 9.57. The van der Waals surface area contributed by atoms with Gasteiger partial charge in [0.2, 0.25) is 0 Å². The Balaban J connectivity index is 2.10. The lowest BCUT2D eigenvalue weighted by atomic mass is 10.1. The molecule has 0 radical (unpaired) electrons. The lowest BCUT2D eigenvalue weighted by Gasteiger charge is -2.32. The fourth-order valence-corrected chi connectivity index (χ4v) is 1.97. The predicted octanol–water partition coefficient (Wildman–Crippen LogP) is 1.37. The third-order valence-electron chi connectivity index (χ3n) is 2.92. The minimum Gasteiger partial charge on any atom is -0.480 e. The molecule has 0 aliphatic carbocycles. The summed E-state index contributed by atoms with van der Waals surface area (Å²) in [6, 6.07) is 0. The maximum absolute atomic E-state index is 10.4. The van der Waals surface area contributed by atoms with Crippen molar-refractivity contribution in [1.82, 2.24) is 4.90 Å². The van der Waals surface area contributed by atoms with Gasteiger partial charge in [0.25, 0.3) is 0 Å². The highest BCUT2D eigenvalue weighted by Crippen LogP contribution is 2.14. The molecule has 0 aromatic carbocycles. The summed E-state index contributed by atoms with van der Waals surface area (Å²) in [5.41, 5.74) is -0.0804. The lowest BCUT2D eigenvalue weighted by Crippen LogP contribution is -2.40. The number of piperidine rings is 1. The standard InChI is InChI=1S/C13H25NO4/c1-13(2,3)18-9-8-14-6-4-11(5-7-14)17-10-12(15)16/h11H,4-10H2,1-3H3,(H,15,16). The smallest absolute Gasteiger partial charge is 0.329 e. The van der Waals surface area contributed by atoms with Crippen molar-refractivity contribution in [2.45, 2.75) is 45.3 Å². The Morgan fingerprint density at radius 3 is 2.44 bits per heavy atom. The van der Waals surface area contributed by atoms with Crippen LogP contribution in [-0.4, -0.2) is 60.5 Å². The molecule has 0 amide bonds. The number of rotatable bonds is 6. The minimum absolute atomic E-state index is 0.0804. The Kier molecular flexibility index (Phi) is 6.05. The second-order valence-corrected chi connectivity index (χ2v) is 5.71. The summed E-state index contributed by atoms with van der Waals surface area (Å²) >= 11 is 0. The van der Waals surface area contributed by atoms with Crippen molar-refractivity contribution in [3.8, 4) is 0 Å². The normalized spacial score (nSPS) is 19.1. The van der Waals surface area contributed by atoms with Crippen molar-refractivity contribution in [2.24, 2.45) is 0 Å². The van der Waals surface area contributed by atoms with Gasteiger partial charge in [0.05, 0.1) is 18.3 Å². The molecule has 0 unspecified atom stereocenters. The van der Waals surface area contributed by atoms with Crippen LogP contribution < -0.4 is 0 Å². The molecule has 0 aromatic rings. The fraction of sp³-hybridized carbons (Fsp3) is 0.923. The number of hydrogen-bond donors (Lipinski definition) is 1. The molecule has 0 spiro atoms.